The number of amides is 1. The van der Waals surface area contributed by atoms with E-state index in [0.717, 1.165) is 16.9 Å². The van der Waals surface area contributed by atoms with Crippen molar-refractivity contribution in [1.29, 1.82) is 0 Å². The number of hydrogen-bond donors (Lipinski definition) is 1. The van der Waals surface area contributed by atoms with Gasteiger partial charge in [-0.3, -0.25) is 14.5 Å². The highest BCUT2D eigenvalue weighted by atomic mass is 35.5. The van der Waals surface area contributed by atoms with E-state index in [1.54, 1.807) is 26.0 Å². The lowest BCUT2D eigenvalue weighted by Gasteiger charge is -2.24. The predicted octanol–water partition coefficient (Wildman–Crippen LogP) is 7.13. The average Bonchev–Trinajstić information content (AvgIpc) is 3.55. The molecular weight excluding hydrogens is 590 g/mol. The van der Waals surface area contributed by atoms with Crippen LogP contribution in [0.4, 0.5) is 9.52 Å². The number of carbonyl (C=O) groups excluding carboxylic acids is 2. The molecule has 1 unspecified atom stereocenters. The number of carbonyl (C=O) groups is 2. The molecule has 1 atom stereocenters. The molecule has 0 radical (unpaired) electrons. The molecule has 7 nitrogen and oxygen atoms in total. The van der Waals surface area contributed by atoms with Gasteiger partial charge in [0.2, 0.25) is 10.9 Å². The van der Waals surface area contributed by atoms with E-state index in [4.69, 9.17) is 23.2 Å². The maximum absolute atomic E-state index is 13.7. The Hall–Kier alpha value is -2.83. The van der Waals surface area contributed by atoms with Crippen molar-refractivity contribution in [2.24, 2.45) is 0 Å². The monoisotopic (exact) mass is 606 g/mol. The zero-order valence-electron chi connectivity index (χ0n) is 19.7. The molecule has 0 bridgehead atoms. The van der Waals surface area contributed by atoms with Crippen LogP contribution < -0.4 is 4.90 Å². The van der Waals surface area contributed by atoms with Crippen molar-refractivity contribution in [2.75, 3.05) is 4.90 Å². The number of nitrogens with zero attached hydrogens (tertiary/aromatic N) is 4. The quantitative estimate of drug-likeness (QED) is 0.136. The molecule has 38 heavy (non-hydrogen) atoms. The van der Waals surface area contributed by atoms with Crippen molar-refractivity contribution in [1.82, 2.24) is 15.2 Å². The summed E-state index contributed by atoms with van der Waals surface area (Å²) in [5.41, 5.74) is 1.66. The Balaban J connectivity index is 1.50. The summed E-state index contributed by atoms with van der Waals surface area (Å²) in [6, 6.07) is 9.58. The number of Topliss-reactive ketones (excluding diaryl/α,β-unsaturated/α-hetero) is 1. The first-order valence-corrected chi connectivity index (χ1v) is 14.4. The molecule has 2 aromatic carbocycles. The lowest BCUT2D eigenvalue weighted by atomic mass is 9.95. The largest absolute Gasteiger partial charge is 0.503 e. The third-order valence-electron chi connectivity index (χ3n) is 5.72. The maximum atomic E-state index is 13.7. The zero-order valence-corrected chi connectivity index (χ0v) is 23.7. The number of anilines is 1. The second-order valence-corrected chi connectivity index (χ2v) is 12.5. The predicted molar refractivity (Wildman–Crippen MR) is 148 cm³/mol. The Labute approximate surface area is 239 Å². The number of aliphatic hydroxyl groups excluding tert-OH is 1. The third-order valence-corrected chi connectivity index (χ3v) is 9.48. The maximum Gasteiger partial charge on any atom is 0.296 e. The first-order chi connectivity index (χ1) is 18.1. The number of hydrogen-bond acceptors (Lipinski definition) is 9. The summed E-state index contributed by atoms with van der Waals surface area (Å²) in [5.74, 6) is -2.00. The topological polar surface area (TPSA) is 96.3 Å². The minimum absolute atomic E-state index is 0.120. The van der Waals surface area contributed by atoms with Crippen LogP contribution in [0.2, 0.25) is 10.0 Å². The normalized spacial score (nSPS) is 15.6. The average molecular weight is 608 g/mol. The number of aromatic nitrogens is 3. The second kappa shape index (κ2) is 10.7. The Morgan fingerprint density at radius 3 is 2.53 bits per heavy atom. The molecule has 0 spiro atoms. The van der Waals surface area contributed by atoms with E-state index < -0.39 is 29.3 Å². The van der Waals surface area contributed by atoms with E-state index in [9.17, 15) is 19.1 Å². The molecule has 1 aliphatic heterocycles. The summed E-state index contributed by atoms with van der Waals surface area (Å²) >= 11 is 15.9. The number of halogens is 3. The van der Waals surface area contributed by atoms with Crippen LogP contribution in [-0.2, 0) is 10.5 Å². The van der Waals surface area contributed by atoms with Gasteiger partial charge >= 0.3 is 0 Å². The van der Waals surface area contributed by atoms with Gasteiger partial charge in [0.05, 0.1) is 27.2 Å². The minimum atomic E-state index is -1.03. The van der Waals surface area contributed by atoms with E-state index in [0.29, 0.717) is 41.3 Å². The van der Waals surface area contributed by atoms with Crippen molar-refractivity contribution in [3.63, 3.8) is 0 Å². The fraction of sp³-hybridized carbons (Fsp3) is 0.160. The lowest BCUT2D eigenvalue weighted by Crippen LogP contribution is -2.31. The SMILES string of the molecule is Cc1nc(C)c(C(=O)C2=C(O)C(=O)N(c3nnc(SCc4ccc(Cl)cc4Cl)s3)C2c2ccc(F)cc2)s1. The van der Waals surface area contributed by atoms with Gasteiger partial charge in [-0.05, 0) is 49.2 Å². The van der Waals surface area contributed by atoms with E-state index in [2.05, 4.69) is 15.2 Å². The van der Waals surface area contributed by atoms with Gasteiger partial charge < -0.3 is 5.11 Å². The molecule has 0 saturated heterocycles. The first-order valence-electron chi connectivity index (χ1n) is 11.0. The van der Waals surface area contributed by atoms with Crippen molar-refractivity contribution in [3.05, 3.63) is 96.4 Å². The number of thiazole rings is 1. The molecule has 5 rings (SSSR count). The lowest BCUT2D eigenvalue weighted by molar-refractivity contribution is -0.117. The Bertz CT molecular complexity index is 1600. The van der Waals surface area contributed by atoms with Gasteiger partial charge in [-0.2, -0.15) is 0 Å². The molecule has 194 valence electrons. The fourth-order valence-electron chi connectivity index (χ4n) is 4.00. The molecule has 1 amide bonds. The number of aliphatic hydroxyl groups is 1. The highest BCUT2D eigenvalue weighted by Crippen LogP contribution is 2.44. The molecule has 3 heterocycles. The third kappa shape index (κ3) is 5.08. The zero-order chi connectivity index (χ0) is 27.1. The standard InChI is InChI=1S/C25H17Cl2FN4O3S3/c1-11-22(37-12(2)29-11)20(33)18-19(13-4-7-16(28)8-5-13)32(23(35)21(18)34)24-30-31-25(38-24)36-10-14-3-6-15(26)9-17(14)27/h3-9,19,34H,10H2,1-2H3. The number of benzene rings is 2. The molecule has 13 heteroatoms. The molecule has 2 aromatic heterocycles. The van der Waals surface area contributed by atoms with Gasteiger partial charge in [0.15, 0.2) is 10.1 Å². The molecule has 0 fully saturated rings. The molecule has 1 N–H and O–H groups in total. The van der Waals surface area contributed by atoms with E-state index in [1.165, 1.54) is 52.3 Å². The van der Waals surface area contributed by atoms with Crippen LogP contribution in [0.25, 0.3) is 0 Å². The van der Waals surface area contributed by atoms with Crippen LogP contribution in [0.1, 0.15) is 37.5 Å². The summed E-state index contributed by atoms with van der Waals surface area (Å²) in [5, 5.41) is 21.2. The summed E-state index contributed by atoms with van der Waals surface area (Å²) in [7, 11) is 0. The number of rotatable bonds is 7. The first kappa shape index (κ1) is 26.8. The molecule has 1 aliphatic rings. The number of aryl methyl sites for hydroxylation is 2. The highest BCUT2D eigenvalue weighted by molar-refractivity contribution is 8.00. The van der Waals surface area contributed by atoms with Crippen LogP contribution >= 0.6 is 57.6 Å². The van der Waals surface area contributed by atoms with Crippen molar-refractivity contribution in [2.45, 2.75) is 30.0 Å². The van der Waals surface area contributed by atoms with E-state index >= 15 is 0 Å². The summed E-state index contributed by atoms with van der Waals surface area (Å²) in [6.45, 7) is 3.46. The Kier molecular flexibility index (Phi) is 7.56. The van der Waals surface area contributed by atoms with Crippen LogP contribution in [0.3, 0.4) is 0 Å². The second-order valence-electron chi connectivity index (χ2n) is 8.24. The van der Waals surface area contributed by atoms with Gasteiger partial charge in [0.25, 0.3) is 5.91 Å². The van der Waals surface area contributed by atoms with Gasteiger partial charge in [-0.25, -0.2) is 9.37 Å². The number of ketones is 1. The Morgan fingerprint density at radius 1 is 1.13 bits per heavy atom. The molecular formula is C25H17Cl2FN4O3S3. The summed E-state index contributed by atoms with van der Waals surface area (Å²) in [6.07, 6.45) is 0. The molecule has 0 aliphatic carbocycles. The van der Waals surface area contributed by atoms with Crippen LogP contribution in [0, 0.1) is 19.7 Å². The van der Waals surface area contributed by atoms with Gasteiger partial charge in [-0.1, -0.05) is 64.5 Å². The summed E-state index contributed by atoms with van der Waals surface area (Å²) in [4.78, 5) is 32.8. The molecule has 0 saturated carbocycles. The van der Waals surface area contributed by atoms with E-state index in [1.807, 2.05) is 6.07 Å². The van der Waals surface area contributed by atoms with Crippen LogP contribution in [0.15, 0.2) is 58.1 Å². The number of thioether (sulfide) groups is 1. The fourth-order valence-corrected chi connectivity index (χ4v) is 7.30. The van der Waals surface area contributed by atoms with Crippen molar-refractivity contribution >= 4 is 74.5 Å². The van der Waals surface area contributed by atoms with Gasteiger partial charge in [-0.15, -0.1) is 21.5 Å². The van der Waals surface area contributed by atoms with Gasteiger partial charge in [0, 0.05) is 15.8 Å². The van der Waals surface area contributed by atoms with Crippen molar-refractivity contribution in [3.8, 4) is 0 Å². The van der Waals surface area contributed by atoms with Crippen molar-refractivity contribution < 1.29 is 19.1 Å². The minimum Gasteiger partial charge on any atom is -0.503 e. The molecule has 4 aromatic rings. The van der Waals surface area contributed by atoms with E-state index in [-0.39, 0.29) is 10.7 Å². The summed E-state index contributed by atoms with van der Waals surface area (Å²) < 4.78 is 14.3. The van der Waals surface area contributed by atoms with Gasteiger partial charge in [0.1, 0.15) is 5.82 Å². The smallest absolute Gasteiger partial charge is 0.296 e. The van der Waals surface area contributed by atoms with Crippen LogP contribution in [0.5, 0.6) is 0 Å². The van der Waals surface area contributed by atoms with Crippen LogP contribution in [-0.4, -0.2) is 32.0 Å². The highest BCUT2D eigenvalue weighted by Gasteiger charge is 2.46. The Morgan fingerprint density at radius 2 is 1.87 bits per heavy atom.